The van der Waals surface area contributed by atoms with Crippen LogP contribution in [-0.4, -0.2) is 161 Å². The van der Waals surface area contributed by atoms with E-state index >= 15 is 0 Å². The van der Waals surface area contributed by atoms with Crippen molar-refractivity contribution in [1.82, 2.24) is 10.6 Å². The van der Waals surface area contributed by atoms with Crippen molar-refractivity contribution in [1.29, 1.82) is 0 Å². The van der Waals surface area contributed by atoms with E-state index in [1.54, 1.807) is 0 Å². The molecule has 466 valence electrons. The Bertz CT molecular complexity index is 1730. The van der Waals surface area contributed by atoms with Gasteiger partial charge in [-0.2, -0.15) is 0 Å². The van der Waals surface area contributed by atoms with Crippen LogP contribution in [0.2, 0.25) is 0 Å². The molecular formula is C54H104N2O21P2. The number of carbonyl (C=O) groups excluding carboxylic acids is 3. The molecule has 2 saturated heterocycles. The van der Waals surface area contributed by atoms with Crippen LogP contribution in [-0.2, 0) is 51.5 Å². The predicted octanol–water partition coefficient (Wildman–Crippen LogP) is 6.65. The lowest BCUT2D eigenvalue weighted by Crippen LogP contribution is -2.73. The van der Waals surface area contributed by atoms with Crippen LogP contribution >= 0.6 is 15.6 Å². The zero-order chi connectivity index (χ0) is 58.7. The molecule has 25 heteroatoms. The van der Waals surface area contributed by atoms with Gasteiger partial charge in [-0.15, -0.1) is 0 Å². The van der Waals surface area contributed by atoms with E-state index in [2.05, 4.69) is 35.9 Å². The lowest BCUT2D eigenvalue weighted by molar-refractivity contribution is -0.311. The third-order valence-corrected chi connectivity index (χ3v) is 15.9. The molecule has 2 heterocycles. The lowest BCUT2D eigenvalue weighted by Gasteiger charge is -2.50. The van der Waals surface area contributed by atoms with Crippen LogP contribution in [0.25, 0.3) is 0 Å². The summed E-state index contributed by atoms with van der Waals surface area (Å²) in [4.78, 5) is 78.8. The number of aliphatic hydroxyl groups excluding tert-OH is 6. The van der Waals surface area contributed by atoms with Gasteiger partial charge in [-0.25, -0.2) is 9.13 Å². The van der Waals surface area contributed by atoms with Crippen LogP contribution < -0.4 is 10.6 Å². The number of carbonyl (C=O) groups is 3. The number of unbranched alkanes of at least 4 members (excludes halogenated alkanes) is 24. The molecular weight excluding hydrogens is 1070 g/mol. The fourth-order valence-corrected chi connectivity index (χ4v) is 11.2. The maximum Gasteiger partial charge on any atom is 0.470 e. The van der Waals surface area contributed by atoms with Crippen LogP contribution in [0.4, 0.5) is 0 Å². The van der Waals surface area contributed by atoms with E-state index in [4.69, 9.17) is 23.5 Å². The molecule has 0 aromatic carbocycles. The molecule has 23 nitrogen and oxygen atoms in total. The van der Waals surface area contributed by atoms with Gasteiger partial charge >= 0.3 is 21.6 Å². The minimum Gasteiger partial charge on any atom is -0.462 e. The van der Waals surface area contributed by atoms with Gasteiger partial charge in [0.25, 0.3) is 0 Å². The number of phosphoric ester groups is 2. The highest BCUT2D eigenvalue weighted by Gasteiger charge is 2.57. The quantitative estimate of drug-likeness (QED) is 0.0172. The Balaban J connectivity index is 2.26. The molecule has 2 aliphatic heterocycles. The molecule has 12 atom stereocenters. The summed E-state index contributed by atoms with van der Waals surface area (Å²) < 4.78 is 56.3. The second kappa shape index (κ2) is 41.3. The number of hydrogen-bond acceptors (Lipinski definition) is 17. The van der Waals surface area contributed by atoms with Gasteiger partial charge in [0.1, 0.15) is 54.3 Å². The largest absolute Gasteiger partial charge is 0.470 e. The molecule has 2 fully saturated rings. The van der Waals surface area contributed by atoms with Crippen LogP contribution in [0.3, 0.4) is 0 Å². The van der Waals surface area contributed by atoms with Crippen LogP contribution in [0.1, 0.15) is 233 Å². The number of hydrogen-bond donors (Lipinski definition) is 12. The number of aliphatic hydroxyl groups is 6. The summed E-state index contributed by atoms with van der Waals surface area (Å²) in [6.45, 7) is 3.78. The molecule has 0 radical (unpaired) electrons. The monoisotopic (exact) mass is 1180 g/mol. The topological polar surface area (TPSA) is 367 Å². The standard InChI is InChI=1S/C54H104N2O21P2/c1-4-7-10-13-16-19-22-25-28-31-40(58)36-45(60)56-54(34-35-73-78(66,67)68)51(64)48(62)43(76-53(54)65)39-72-52-47(49(63)50(42(38-57)75-52)77-79(69,70)71)55-44(59)37-41(32-29-26-23-20-17-14-11-8-5-2)74-46(61)33-30-27-24-21-18-15-12-9-6-3/h40-43,47-53,57-58,62-65H,4-39H2,1-3H3,(H,55,59)(H,56,60)(H2,66,67,68)(H2,69,70,71)/t40-,41-,42-,43-,47-,48-,49-,50-,51+,52-,53+,54?/m1/s1. The Morgan fingerprint density at radius 2 is 1.10 bits per heavy atom. The van der Waals surface area contributed by atoms with E-state index in [-0.39, 0.29) is 12.8 Å². The fraction of sp³-hybridized carbons (Fsp3) is 0.944. The maximum absolute atomic E-state index is 14.0. The van der Waals surface area contributed by atoms with E-state index in [1.807, 2.05) is 0 Å². The number of rotatable bonds is 47. The van der Waals surface area contributed by atoms with E-state index in [0.717, 1.165) is 103 Å². The van der Waals surface area contributed by atoms with Crippen molar-refractivity contribution in [2.75, 3.05) is 19.8 Å². The summed E-state index contributed by atoms with van der Waals surface area (Å²) in [7, 11) is -10.5. The van der Waals surface area contributed by atoms with Gasteiger partial charge < -0.3 is 79.8 Å². The molecule has 79 heavy (non-hydrogen) atoms. The summed E-state index contributed by atoms with van der Waals surface area (Å²) in [6.07, 6.45) is 9.29. The van der Waals surface area contributed by atoms with Crippen molar-refractivity contribution in [2.24, 2.45) is 0 Å². The normalized spacial score (nSPS) is 25.5. The highest BCUT2D eigenvalue weighted by Crippen LogP contribution is 2.42. The zero-order valence-electron chi connectivity index (χ0n) is 47.7. The fourth-order valence-electron chi connectivity index (χ4n) is 10.3. The summed E-state index contributed by atoms with van der Waals surface area (Å²) >= 11 is 0. The van der Waals surface area contributed by atoms with Crippen LogP contribution in [0.5, 0.6) is 0 Å². The Labute approximate surface area is 469 Å². The highest BCUT2D eigenvalue weighted by atomic mass is 31.2. The minimum atomic E-state index is -5.38. The van der Waals surface area contributed by atoms with Crippen molar-refractivity contribution in [3.63, 3.8) is 0 Å². The molecule has 12 N–H and O–H groups in total. The van der Waals surface area contributed by atoms with E-state index in [9.17, 15) is 73.7 Å². The third kappa shape index (κ3) is 31.1. The van der Waals surface area contributed by atoms with Crippen molar-refractivity contribution in [3.8, 4) is 0 Å². The average Bonchev–Trinajstić information content (AvgIpc) is 3.48. The first kappa shape index (κ1) is 73.4. The molecule has 0 saturated carbocycles. The third-order valence-electron chi connectivity index (χ3n) is 14.9. The molecule has 2 aliphatic rings. The first-order valence-corrected chi connectivity index (χ1v) is 32.8. The summed E-state index contributed by atoms with van der Waals surface area (Å²) in [6, 6.07) is -1.74. The number of phosphoric acid groups is 2. The SMILES string of the molecule is CCCCCCCCCCCC(=O)O[C@H](CCCCCCCCCCC)CC(=O)N[C@H]1[C@H](OC[C@H]2O[C@H](O)C(CCOP(=O)(O)O)(NC(=O)C[C@H](O)CCCCCCCCCCC)[C@@H](O)[C@@H]2O)O[C@H](CO)[C@@H](OP(=O)(O)O)[C@@H]1O. The van der Waals surface area contributed by atoms with Crippen molar-refractivity contribution in [3.05, 3.63) is 0 Å². The van der Waals surface area contributed by atoms with Gasteiger partial charge in [0.2, 0.25) is 11.8 Å². The zero-order valence-corrected chi connectivity index (χ0v) is 49.5. The number of amides is 2. The van der Waals surface area contributed by atoms with Crippen LogP contribution in [0, 0.1) is 0 Å². The molecule has 2 rings (SSSR count). The summed E-state index contributed by atoms with van der Waals surface area (Å²) in [5.74, 6) is -2.18. The second-order valence-electron chi connectivity index (χ2n) is 21.8. The highest BCUT2D eigenvalue weighted by molar-refractivity contribution is 7.46. The van der Waals surface area contributed by atoms with Gasteiger partial charge in [-0.05, 0) is 25.7 Å². The number of ether oxygens (including phenoxy) is 4. The summed E-state index contributed by atoms with van der Waals surface area (Å²) in [5, 5.41) is 72.2. The molecule has 0 bridgehead atoms. The van der Waals surface area contributed by atoms with Gasteiger partial charge in [0.15, 0.2) is 12.6 Å². The minimum absolute atomic E-state index is 0.149. The van der Waals surface area contributed by atoms with Crippen LogP contribution in [0.15, 0.2) is 0 Å². The first-order chi connectivity index (χ1) is 37.6. The van der Waals surface area contributed by atoms with Gasteiger partial charge in [0, 0.05) is 12.8 Å². The first-order valence-electron chi connectivity index (χ1n) is 29.8. The Morgan fingerprint density at radius 3 is 1.59 bits per heavy atom. The average molecular weight is 1180 g/mol. The molecule has 0 aromatic heterocycles. The Morgan fingerprint density at radius 1 is 0.608 bits per heavy atom. The second-order valence-corrected chi connectivity index (χ2v) is 24.2. The summed E-state index contributed by atoms with van der Waals surface area (Å²) in [5.41, 5.74) is -2.38. The van der Waals surface area contributed by atoms with Crippen molar-refractivity contribution in [2.45, 2.75) is 306 Å². The Hall–Kier alpha value is -1.73. The predicted molar refractivity (Wildman–Crippen MR) is 294 cm³/mol. The molecule has 1 unspecified atom stereocenters. The van der Waals surface area contributed by atoms with Crippen molar-refractivity contribution < 1.29 is 102 Å². The number of esters is 1. The molecule has 0 aliphatic carbocycles. The number of nitrogens with one attached hydrogen (secondary N) is 2. The van der Waals surface area contributed by atoms with Gasteiger partial charge in [-0.1, -0.05) is 181 Å². The molecule has 0 spiro atoms. The van der Waals surface area contributed by atoms with Gasteiger partial charge in [0.05, 0.1) is 38.8 Å². The van der Waals surface area contributed by atoms with E-state index < -0.39 is 146 Å². The lowest BCUT2D eigenvalue weighted by atomic mass is 9.80. The smallest absolute Gasteiger partial charge is 0.462 e. The molecule has 2 amide bonds. The van der Waals surface area contributed by atoms with Gasteiger partial charge in [-0.3, -0.25) is 23.4 Å². The van der Waals surface area contributed by atoms with Crippen molar-refractivity contribution >= 4 is 33.4 Å². The molecule has 0 aromatic rings. The maximum atomic E-state index is 14.0. The van der Waals surface area contributed by atoms with E-state index in [0.29, 0.717) is 25.7 Å². The Kier molecular flexibility index (Phi) is 38.4. The van der Waals surface area contributed by atoms with E-state index in [1.165, 1.54) is 51.4 Å².